The van der Waals surface area contributed by atoms with Crippen molar-refractivity contribution in [2.45, 2.75) is 19.2 Å². The lowest BCUT2D eigenvalue weighted by Gasteiger charge is -2.14. The molecule has 0 heterocycles. The van der Waals surface area contributed by atoms with Gasteiger partial charge in [0.05, 0.1) is 17.5 Å². The highest BCUT2D eigenvalue weighted by molar-refractivity contribution is 5.72. The molecule has 0 spiro atoms. The quantitative estimate of drug-likeness (QED) is 0.867. The molecule has 1 rings (SSSR count). The van der Waals surface area contributed by atoms with Gasteiger partial charge in [0.1, 0.15) is 11.8 Å². The number of carboxylic acids is 1. The lowest BCUT2D eigenvalue weighted by atomic mass is 9.98. The first-order valence-corrected chi connectivity index (χ1v) is 4.96. The number of ether oxygens (including phenoxy) is 1. The second-order valence-corrected chi connectivity index (χ2v) is 3.56. The Morgan fingerprint density at radius 3 is 2.40 bits per heavy atom. The Bertz CT molecular complexity index is 562. The molecule has 0 aromatic heterocycles. The van der Waals surface area contributed by atoms with Gasteiger partial charge in [-0.15, -0.1) is 0 Å². The fraction of sp³-hybridized carbons (Fsp3) is 0.273. The van der Waals surface area contributed by atoms with Crippen molar-refractivity contribution in [3.8, 4) is 11.8 Å². The van der Waals surface area contributed by atoms with Gasteiger partial charge in [-0.25, -0.2) is 0 Å². The van der Waals surface area contributed by atoms with Gasteiger partial charge in [0, 0.05) is 0 Å². The molecule has 0 aliphatic heterocycles. The van der Waals surface area contributed by atoms with E-state index in [1.165, 1.54) is 6.07 Å². The van der Waals surface area contributed by atoms with Gasteiger partial charge in [-0.1, -0.05) is 0 Å². The highest BCUT2D eigenvalue weighted by atomic mass is 19.4. The number of carbonyl (C=O) groups is 1. The summed E-state index contributed by atoms with van der Waals surface area (Å²) in [6.07, 6.45) is -5.92. The van der Waals surface area contributed by atoms with Crippen LogP contribution >= 0.6 is 0 Å². The number of carboxylic acid groups (broad SMARTS) is 1. The minimum Gasteiger partial charge on any atom is -0.481 e. The summed E-state index contributed by atoms with van der Waals surface area (Å²) < 4.78 is 66.1. The monoisotopic (exact) mass is 295 g/mol. The van der Waals surface area contributed by atoms with E-state index in [4.69, 9.17) is 10.4 Å². The lowest BCUT2D eigenvalue weighted by Crippen LogP contribution is -2.13. The number of rotatable bonds is 4. The predicted octanol–water partition coefficient (Wildman–Crippen LogP) is 2.81. The summed E-state index contributed by atoms with van der Waals surface area (Å²) in [6, 6.07) is 2.14. The Balaban J connectivity index is 3.48. The molecule has 1 aromatic carbocycles. The van der Waals surface area contributed by atoms with Crippen LogP contribution in [-0.4, -0.2) is 17.7 Å². The van der Waals surface area contributed by atoms with E-state index in [1.807, 2.05) is 0 Å². The number of aliphatic carboxylic acids is 1. The fourth-order valence-electron chi connectivity index (χ4n) is 1.50. The predicted molar refractivity (Wildman–Crippen MR) is 54.1 cm³/mol. The molecular formula is C11H6F5NO3. The minimum atomic E-state index is -5.00. The van der Waals surface area contributed by atoms with Gasteiger partial charge in [0.25, 0.3) is 0 Å². The molecule has 108 valence electrons. The zero-order valence-electron chi connectivity index (χ0n) is 9.54. The summed E-state index contributed by atoms with van der Waals surface area (Å²) in [5.41, 5.74) is -3.00. The molecule has 0 atom stereocenters. The van der Waals surface area contributed by atoms with Crippen LogP contribution in [-0.2, 0) is 17.4 Å². The Hall–Kier alpha value is -2.37. The van der Waals surface area contributed by atoms with Gasteiger partial charge >= 0.3 is 18.8 Å². The number of alkyl halides is 5. The summed E-state index contributed by atoms with van der Waals surface area (Å²) in [5, 5.41) is 17.3. The Kier molecular flexibility index (Phi) is 4.49. The summed E-state index contributed by atoms with van der Waals surface area (Å²) >= 11 is 0. The fourth-order valence-corrected chi connectivity index (χ4v) is 1.50. The molecule has 0 amide bonds. The van der Waals surface area contributed by atoms with Crippen molar-refractivity contribution in [3.63, 3.8) is 0 Å². The molecule has 0 saturated heterocycles. The third-order valence-electron chi connectivity index (χ3n) is 2.18. The van der Waals surface area contributed by atoms with Crippen LogP contribution in [0.5, 0.6) is 5.75 Å². The topological polar surface area (TPSA) is 70.3 Å². The van der Waals surface area contributed by atoms with E-state index in [0.717, 1.165) is 0 Å². The van der Waals surface area contributed by atoms with E-state index in [0.29, 0.717) is 6.07 Å². The first-order chi connectivity index (χ1) is 9.15. The standard InChI is InChI=1S/C11H6F5NO3/c12-10(13)20-6-1-5(2-9(18)19)7(4-17)8(3-6)11(14,15)16/h1,3,10H,2H2,(H,18,19). The smallest absolute Gasteiger partial charge is 0.417 e. The first kappa shape index (κ1) is 15.7. The first-order valence-electron chi connectivity index (χ1n) is 4.96. The van der Waals surface area contributed by atoms with Crippen molar-refractivity contribution in [2.75, 3.05) is 0 Å². The highest BCUT2D eigenvalue weighted by Gasteiger charge is 2.36. The van der Waals surface area contributed by atoms with Crippen LogP contribution in [0.15, 0.2) is 12.1 Å². The van der Waals surface area contributed by atoms with E-state index >= 15 is 0 Å². The Labute approximate surface area is 109 Å². The molecule has 1 N–H and O–H groups in total. The molecule has 20 heavy (non-hydrogen) atoms. The molecule has 0 radical (unpaired) electrons. The van der Waals surface area contributed by atoms with Crippen LogP contribution in [0.1, 0.15) is 16.7 Å². The molecule has 0 bridgehead atoms. The second kappa shape index (κ2) is 5.73. The average Bonchev–Trinajstić information content (AvgIpc) is 2.25. The Morgan fingerprint density at radius 2 is 2.00 bits per heavy atom. The third-order valence-corrected chi connectivity index (χ3v) is 2.18. The number of halogens is 5. The van der Waals surface area contributed by atoms with Gasteiger partial charge in [0.15, 0.2) is 0 Å². The zero-order valence-corrected chi connectivity index (χ0v) is 9.54. The summed E-state index contributed by atoms with van der Waals surface area (Å²) in [6.45, 7) is -3.37. The van der Waals surface area contributed by atoms with Gasteiger partial charge < -0.3 is 9.84 Å². The van der Waals surface area contributed by atoms with E-state index in [-0.39, 0.29) is 6.07 Å². The second-order valence-electron chi connectivity index (χ2n) is 3.56. The maximum Gasteiger partial charge on any atom is 0.417 e. The van der Waals surface area contributed by atoms with Crippen molar-refractivity contribution >= 4 is 5.97 Å². The van der Waals surface area contributed by atoms with Crippen molar-refractivity contribution in [3.05, 3.63) is 28.8 Å². The normalized spacial score (nSPS) is 11.2. The van der Waals surface area contributed by atoms with Crippen molar-refractivity contribution in [2.24, 2.45) is 0 Å². The summed E-state index contributed by atoms with van der Waals surface area (Å²) in [5.74, 6) is -2.37. The molecular weight excluding hydrogens is 289 g/mol. The number of hydrogen-bond acceptors (Lipinski definition) is 3. The number of nitrogens with zero attached hydrogens (tertiary/aromatic N) is 1. The maximum absolute atomic E-state index is 12.7. The van der Waals surface area contributed by atoms with Gasteiger partial charge in [-0.3, -0.25) is 4.79 Å². The number of hydrogen-bond donors (Lipinski definition) is 1. The molecule has 0 fully saturated rings. The van der Waals surface area contributed by atoms with Crippen LogP contribution in [0.25, 0.3) is 0 Å². The molecule has 4 nitrogen and oxygen atoms in total. The summed E-state index contributed by atoms with van der Waals surface area (Å²) in [4.78, 5) is 10.6. The van der Waals surface area contributed by atoms with Crippen molar-refractivity contribution in [1.29, 1.82) is 5.26 Å². The molecule has 9 heteroatoms. The van der Waals surface area contributed by atoms with Crippen molar-refractivity contribution < 1.29 is 36.6 Å². The van der Waals surface area contributed by atoms with E-state index < -0.39 is 47.6 Å². The molecule has 1 aromatic rings. The third kappa shape index (κ3) is 3.81. The number of nitriles is 1. The van der Waals surface area contributed by atoms with Gasteiger partial charge in [-0.2, -0.15) is 27.2 Å². The largest absolute Gasteiger partial charge is 0.481 e. The van der Waals surface area contributed by atoms with Crippen LogP contribution in [0, 0.1) is 11.3 Å². The van der Waals surface area contributed by atoms with Crippen LogP contribution in [0.3, 0.4) is 0 Å². The van der Waals surface area contributed by atoms with E-state index in [9.17, 15) is 26.7 Å². The van der Waals surface area contributed by atoms with Gasteiger partial charge in [-0.05, 0) is 17.7 Å². The molecule has 0 aliphatic rings. The van der Waals surface area contributed by atoms with Crippen LogP contribution in [0.2, 0.25) is 0 Å². The maximum atomic E-state index is 12.7. The molecule has 0 unspecified atom stereocenters. The zero-order chi connectivity index (χ0) is 15.5. The molecule has 0 aliphatic carbocycles. The minimum absolute atomic E-state index is 0.232. The van der Waals surface area contributed by atoms with Crippen LogP contribution in [0.4, 0.5) is 22.0 Å². The Morgan fingerprint density at radius 1 is 1.40 bits per heavy atom. The van der Waals surface area contributed by atoms with Crippen molar-refractivity contribution in [1.82, 2.24) is 0 Å². The van der Waals surface area contributed by atoms with Gasteiger partial charge in [0.2, 0.25) is 0 Å². The SMILES string of the molecule is N#Cc1c(CC(=O)O)cc(OC(F)F)cc1C(F)(F)F. The van der Waals surface area contributed by atoms with E-state index in [1.54, 1.807) is 0 Å². The number of benzene rings is 1. The highest BCUT2D eigenvalue weighted by Crippen LogP contribution is 2.36. The average molecular weight is 295 g/mol. The molecule has 0 saturated carbocycles. The summed E-state index contributed by atoms with van der Waals surface area (Å²) in [7, 11) is 0. The lowest BCUT2D eigenvalue weighted by molar-refractivity contribution is -0.139. The van der Waals surface area contributed by atoms with Crippen LogP contribution < -0.4 is 4.74 Å². The van der Waals surface area contributed by atoms with E-state index in [2.05, 4.69) is 4.74 Å².